The van der Waals surface area contributed by atoms with Gasteiger partial charge in [0.2, 0.25) is 5.91 Å². The average Bonchev–Trinajstić information content (AvgIpc) is 3.22. The Bertz CT molecular complexity index is 890. The monoisotopic (exact) mass is 329 g/mol. The smallest absolute Gasteiger partial charge is 0.232 e. The minimum atomic E-state index is -0.113. The molecule has 0 saturated heterocycles. The van der Waals surface area contributed by atoms with Crippen LogP contribution >= 0.6 is 22.7 Å². The number of rotatable bonds is 4. The number of carbonyl (C=O) groups excluding carboxylic acids is 1. The molecule has 0 fully saturated rings. The van der Waals surface area contributed by atoms with Crippen molar-refractivity contribution in [1.82, 2.24) is 19.4 Å². The van der Waals surface area contributed by atoms with E-state index in [1.54, 1.807) is 11.3 Å². The van der Waals surface area contributed by atoms with E-state index in [0.29, 0.717) is 5.13 Å². The lowest BCUT2D eigenvalue weighted by atomic mass is 10.3. The largest absolute Gasteiger partial charge is 0.360 e. The SMILES string of the molecule is O=C(Cc1cn2ccsc2n1)Nc1nc(-c2ccc[nH]2)cs1. The number of aromatic amines is 1. The minimum absolute atomic E-state index is 0.113. The van der Waals surface area contributed by atoms with E-state index in [9.17, 15) is 4.79 Å². The molecule has 0 aromatic carbocycles. The van der Waals surface area contributed by atoms with Gasteiger partial charge in [0.1, 0.15) is 0 Å². The lowest BCUT2D eigenvalue weighted by Crippen LogP contribution is -2.14. The van der Waals surface area contributed by atoms with Crippen LogP contribution in [-0.4, -0.2) is 25.3 Å². The predicted octanol–water partition coefficient (Wildman–Crippen LogP) is 3.03. The number of anilines is 1. The molecule has 0 saturated carbocycles. The third-order valence-corrected chi connectivity index (χ3v) is 4.64. The van der Waals surface area contributed by atoms with Crippen molar-refractivity contribution in [3.8, 4) is 11.4 Å². The minimum Gasteiger partial charge on any atom is -0.360 e. The van der Waals surface area contributed by atoms with Crippen molar-refractivity contribution in [3.05, 3.63) is 47.2 Å². The van der Waals surface area contributed by atoms with Gasteiger partial charge in [0.25, 0.3) is 0 Å². The number of hydrogen-bond acceptors (Lipinski definition) is 5. The second kappa shape index (κ2) is 5.39. The molecule has 0 radical (unpaired) electrons. The van der Waals surface area contributed by atoms with Gasteiger partial charge in [0.05, 0.1) is 23.5 Å². The van der Waals surface area contributed by atoms with E-state index in [1.807, 2.05) is 45.9 Å². The van der Waals surface area contributed by atoms with Crippen molar-refractivity contribution in [3.63, 3.8) is 0 Å². The molecule has 2 N–H and O–H groups in total. The van der Waals surface area contributed by atoms with Crippen LogP contribution in [-0.2, 0) is 11.2 Å². The third-order valence-electron chi connectivity index (χ3n) is 3.11. The number of nitrogens with zero attached hydrogens (tertiary/aromatic N) is 3. The zero-order chi connectivity index (χ0) is 14.9. The summed E-state index contributed by atoms with van der Waals surface area (Å²) in [6, 6.07) is 3.86. The molecule has 8 heteroatoms. The van der Waals surface area contributed by atoms with E-state index in [-0.39, 0.29) is 12.3 Å². The fraction of sp³-hybridized carbons (Fsp3) is 0.0714. The molecule has 4 aromatic heterocycles. The Morgan fingerprint density at radius 3 is 3.14 bits per heavy atom. The van der Waals surface area contributed by atoms with Crippen molar-refractivity contribution in [1.29, 1.82) is 0 Å². The van der Waals surface area contributed by atoms with Crippen molar-refractivity contribution >= 4 is 38.7 Å². The van der Waals surface area contributed by atoms with Crippen LogP contribution in [0.2, 0.25) is 0 Å². The first-order valence-electron chi connectivity index (χ1n) is 6.58. The van der Waals surface area contributed by atoms with Crippen molar-refractivity contribution in [2.45, 2.75) is 6.42 Å². The van der Waals surface area contributed by atoms with Gasteiger partial charge in [-0.25, -0.2) is 9.97 Å². The predicted molar refractivity (Wildman–Crippen MR) is 87.3 cm³/mol. The van der Waals surface area contributed by atoms with Gasteiger partial charge in [-0.3, -0.25) is 9.20 Å². The van der Waals surface area contributed by atoms with Crippen LogP contribution in [0.4, 0.5) is 5.13 Å². The maximum Gasteiger partial charge on any atom is 0.232 e. The third kappa shape index (κ3) is 2.53. The first kappa shape index (κ1) is 13.2. The fourth-order valence-corrected chi connectivity index (χ4v) is 3.58. The Labute approximate surface area is 133 Å². The van der Waals surface area contributed by atoms with Gasteiger partial charge in [0.15, 0.2) is 10.1 Å². The van der Waals surface area contributed by atoms with E-state index in [4.69, 9.17) is 0 Å². The second-order valence-electron chi connectivity index (χ2n) is 4.67. The Hall–Kier alpha value is -2.45. The summed E-state index contributed by atoms with van der Waals surface area (Å²) in [4.78, 5) is 24.9. The molecule has 0 unspecified atom stereocenters. The topological polar surface area (TPSA) is 75.1 Å². The standard InChI is InChI=1S/C14H11N5OS2/c20-12(6-9-7-19-4-5-21-14(19)16-9)18-13-17-11(8-22-13)10-2-1-3-15-10/h1-5,7-8,15H,6H2,(H,17,18,20). The van der Waals surface area contributed by atoms with Crippen LogP contribution in [0.5, 0.6) is 0 Å². The lowest BCUT2D eigenvalue weighted by Gasteiger charge is -1.98. The van der Waals surface area contributed by atoms with Crippen LogP contribution in [0.1, 0.15) is 5.69 Å². The molecule has 1 amide bonds. The summed E-state index contributed by atoms with van der Waals surface area (Å²) in [5, 5.41) is 7.28. The van der Waals surface area contributed by atoms with Gasteiger partial charge in [-0.2, -0.15) is 0 Å². The molecule has 0 aliphatic rings. The number of fused-ring (bicyclic) bond motifs is 1. The van der Waals surface area contributed by atoms with Crippen LogP contribution < -0.4 is 5.32 Å². The summed E-state index contributed by atoms with van der Waals surface area (Å²) in [7, 11) is 0. The highest BCUT2D eigenvalue weighted by atomic mass is 32.1. The van der Waals surface area contributed by atoms with E-state index in [1.165, 1.54) is 11.3 Å². The van der Waals surface area contributed by atoms with Gasteiger partial charge < -0.3 is 10.3 Å². The number of thiazole rings is 2. The van der Waals surface area contributed by atoms with Crippen LogP contribution in [0.25, 0.3) is 16.3 Å². The van der Waals surface area contributed by atoms with Gasteiger partial charge in [-0.05, 0) is 12.1 Å². The quantitative estimate of drug-likeness (QED) is 0.604. The molecule has 0 aliphatic carbocycles. The first-order chi connectivity index (χ1) is 10.8. The number of amides is 1. The molecule has 0 atom stereocenters. The highest BCUT2D eigenvalue weighted by Crippen LogP contribution is 2.23. The summed E-state index contributed by atoms with van der Waals surface area (Å²) < 4.78 is 1.92. The Morgan fingerprint density at radius 1 is 1.36 bits per heavy atom. The number of imidazole rings is 1. The normalized spacial score (nSPS) is 11.1. The summed E-state index contributed by atoms with van der Waals surface area (Å²) in [5.74, 6) is -0.113. The van der Waals surface area contributed by atoms with Gasteiger partial charge in [0, 0.05) is 29.4 Å². The molecular weight excluding hydrogens is 318 g/mol. The lowest BCUT2D eigenvalue weighted by molar-refractivity contribution is -0.115. The van der Waals surface area contributed by atoms with E-state index >= 15 is 0 Å². The zero-order valence-electron chi connectivity index (χ0n) is 11.3. The van der Waals surface area contributed by atoms with Crippen LogP contribution in [0.3, 0.4) is 0 Å². The first-order valence-corrected chi connectivity index (χ1v) is 8.34. The molecule has 4 rings (SSSR count). The maximum atomic E-state index is 12.1. The van der Waals surface area contributed by atoms with Crippen molar-refractivity contribution in [2.75, 3.05) is 5.32 Å². The number of nitrogens with one attached hydrogen (secondary N) is 2. The number of H-pyrrole nitrogens is 1. The van der Waals surface area contributed by atoms with Gasteiger partial charge in [-0.1, -0.05) is 0 Å². The Kier molecular flexibility index (Phi) is 3.24. The van der Waals surface area contributed by atoms with E-state index in [2.05, 4.69) is 20.3 Å². The van der Waals surface area contributed by atoms with E-state index in [0.717, 1.165) is 22.0 Å². The Morgan fingerprint density at radius 2 is 2.32 bits per heavy atom. The highest BCUT2D eigenvalue weighted by Gasteiger charge is 2.11. The zero-order valence-corrected chi connectivity index (χ0v) is 12.9. The Balaban J connectivity index is 1.44. The van der Waals surface area contributed by atoms with E-state index < -0.39 is 0 Å². The summed E-state index contributed by atoms with van der Waals surface area (Å²) in [6.45, 7) is 0. The van der Waals surface area contributed by atoms with Gasteiger partial charge >= 0.3 is 0 Å². The fourth-order valence-electron chi connectivity index (χ4n) is 2.13. The average molecular weight is 329 g/mol. The number of aromatic nitrogens is 4. The molecule has 0 spiro atoms. The van der Waals surface area contributed by atoms with Crippen molar-refractivity contribution in [2.24, 2.45) is 0 Å². The molecule has 22 heavy (non-hydrogen) atoms. The second-order valence-corrected chi connectivity index (χ2v) is 6.40. The summed E-state index contributed by atoms with van der Waals surface area (Å²) in [6.07, 6.45) is 5.89. The van der Waals surface area contributed by atoms with Crippen molar-refractivity contribution < 1.29 is 4.79 Å². The summed E-state index contributed by atoms with van der Waals surface area (Å²) in [5.41, 5.74) is 2.52. The molecule has 0 aliphatic heterocycles. The van der Waals surface area contributed by atoms with Crippen LogP contribution in [0, 0.1) is 0 Å². The maximum absolute atomic E-state index is 12.1. The van der Waals surface area contributed by atoms with Crippen LogP contribution in [0.15, 0.2) is 41.5 Å². The molecule has 6 nitrogen and oxygen atoms in total. The summed E-state index contributed by atoms with van der Waals surface area (Å²) >= 11 is 2.95. The van der Waals surface area contributed by atoms with Gasteiger partial charge in [-0.15, -0.1) is 22.7 Å². The molecule has 110 valence electrons. The highest BCUT2D eigenvalue weighted by molar-refractivity contribution is 7.15. The molecule has 4 aromatic rings. The molecule has 0 bridgehead atoms. The molecule has 4 heterocycles. The molecular formula is C14H11N5OS2. The number of carbonyl (C=O) groups is 1. The number of hydrogen-bond donors (Lipinski definition) is 2.